The van der Waals surface area contributed by atoms with Crippen molar-refractivity contribution in [3.63, 3.8) is 0 Å². The summed E-state index contributed by atoms with van der Waals surface area (Å²) < 4.78 is 32.2. The number of aliphatic hydroxyl groups is 2. The molecule has 1 amide bonds. The van der Waals surface area contributed by atoms with Gasteiger partial charge in [-0.1, -0.05) is 51.1 Å². The third-order valence-corrected chi connectivity index (χ3v) is 13.1. The molecule has 4 fully saturated rings. The van der Waals surface area contributed by atoms with Gasteiger partial charge in [0.05, 0.1) is 18.0 Å². The second kappa shape index (κ2) is 11.9. The monoisotopic (exact) mass is 589 g/mol. The first-order valence-corrected chi connectivity index (χ1v) is 17.6. The van der Waals surface area contributed by atoms with E-state index in [9.17, 15) is 28.0 Å². The lowest BCUT2D eigenvalue weighted by Gasteiger charge is -2.62. The molecule has 3 N–H and O–H groups in total. The van der Waals surface area contributed by atoms with E-state index in [2.05, 4.69) is 20.8 Å². The van der Waals surface area contributed by atoms with E-state index in [1.807, 2.05) is 30.3 Å². The second-order valence-corrected chi connectivity index (χ2v) is 16.1. The van der Waals surface area contributed by atoms with Crippen LogP contribution in [-0.2, 0) is 21.5 Å². The summed E-state index contributed by atoms with van der Waals surface area (Å²) in [7, 11) is -4.17. The smallest absolute Gasteiger partial charge is 0.266 e. The third-order valence-electron chi connectivity index (χ3n) is 12.4. The Hall–Kier alpha value is -1.48. The van der Waals surface area contributed by atoms with Crippen LogP contribution >= 0.6 is 0 Å². The fraction of sp³-hybridized carbons (Fsp3) is 0.788. The summed E-state index contributed by atoms with van der Waals surface area (Å²) >= 11 is 0. The van der Waals surface area contributed by atoms with Crippen molar-refractivity contribution < 1.29 is 28.0 Å². The number of amides is 1. The molecule has 0 aromatic heterocycles. The van der Waals surface area contributed by atoms with Gasteiger partial charge in [0.1, 0.15) is 0 Å². The maximum absolute atomic E-state index is 13.4. The molecule has 0 spiro atoms. The molecule has 7 nitrogen and oxygen atoms in total. The molecule has 4 saturated carbocycles. The van der Waals surface area contributed by atoms with Crippen LogP contribution in [0.25, 0.3) is 0 Å². The maximum atomic E-state index is 13.4. The van der Waals surface area contributed by atoms with Gasteiger partial charge >= 0.3 is 0 Å². The summed E-state index contributed by atoms with van der Waals surface area (Å²) in [5, 5.41) is 21.9. The largest absolute Gasteiger partial charge is 0.393 e. The molecule has 41 heavy (non-hydrogen) atoms. The van der Waals surface area contributed by atoms with Crippen LogP contribution in [0.15, 0.2) is 30.3 Å². The van der Waals surface area contributed by atoms with Gasteiger partial charge in [0.15, 0.2) is 0 Å². The number of benzene rings is 1. The Morgan fingerprint density at radius 3 is 2.39 bits per heavy atom. The maximum Gasteiger partial charge on any atom is 0.266 e. The lowest BCUT2D eigenvalue weighted by atomic mass is 9.43. The van der Waals surface area contributed by atoms with E-state index in [4.69, 9.17) is 0 Å². The van der Waals surface area contributed by atoms with E-state index in [1.54, 1.807) is 4.90 Å². The minimum absolute atomic E-state index is 0.0259. The van der Waals surface area contributed by atoms with Crippen LogP contribution in [0.3, 0.4) is 0 Å². The van der Waals surface area contributed by atoms with E-state index in [1.165, 1.54) is 0 Å². The number of nitrogens with zero attached hydrogens (tertiary/aromatic N) is 1. The van der Waals surface area contributed by atoms with Gasteiger partial charge in [0.2, 0.25) is 5.91 Å². The molecule has 4 aliphatic carbocycles. The zero-order chi connectivity index (χ0) is 29.6. The van der Waals surface area contributed by atoms with Crippen LogP contribution in [0.5, 0.6) is 0 Å². The Morgan fingerprint density at radius 2 is 1.68 bits per heavy atom. The van der Waals surface area contributed by atoms with Gasteiger partial charge in [-0.2, -0.15) is 8.42 Å². The molecule has 0 saturated heterocycles. The van der Waals surface area contributed by atoms with Crippen LogP contribution in [0.2, 0.25) is 0 Å². The molecular formula is C33H51NO6S. The van der Waals surface area contributed by atoms with Crippen molar-refractivity contribution in [2.45, 2.75) is 104 Å². The Morgan fingerprint density at radius 1 is 1.00 bits per heavy atom. The van der Waals surface area contributed by atoms with E-state index >= 15 is 0 Å². The van der Waals surface area contributed by atoms with Gasteiger partial charge in [-0.3, -0.25) is 9.35 Å². The summed E-state index contributed by atoms with van der Waals surface area (Å²) in [6.07, 6.45) is 8.74. The highest BCUT2D eigenvalue weighted by atomic mass is 32.2. The Kier molecular flexibility index (Phi) is 8.98. The number of carbonyl (C=O) groups excluding carboxylic acids is 1. The van der Waals surface area contributed by atoms with Crippen molar-refractivity contribution >= 4 is 16.0 Å². The molecule has 10 atom stereocenters. The van der Waals surface area contributed by atoms with Crippen LogP contribution in [0, 0.1) is 46.3 Å². The lowest BCUT2D eigenvalue weighted by Crippen LogP contribution is -2.58. The van der Waals surface area contributed by atoms with Gasteiger partial charge in [0, 0.05) is 19.5 Å². The summed E-state index contributed by atoms with van der Waals surface area (Å²) in [4.78, 5) is 14.9. The molecule has 4 unspecified atom stereocenters. The van der Waals surface area contributed by atoms with Crippen LogP contribution in [0.1, 0.15) is 90.5 Å². The molecule has 8 heteroatoms. The SMILES string of the molecule is CC(CCC(=O)N(CCS(=O)(=O)O)Cc1ccccc1)[C@H]1CCC2C3C(CC[C@@]21C)[C@@]1(C)CC[C@@H](O)C[C@H]1C[C@H]3O. The normalized spacial score (nSPS) is 39.3. The lowest BCUT2D eigenvalue weighted by molar-refractivity contribution is -0.174. The fourth-order valence-electron chi connectivity index (χ4n) is 10.2. The highest BCUT2D eigenvalue weighted by molar-refractivity contribution is 7.85. The number of hydrogen-bond donors (Lipinski definition) is 3. The quantitative estimate of drug-likeness (QED) is 0.336. The van der Waals surface area contributed by atoms with E-state index < -0.39 is 15.9 Å². The first-order chi connectivity index (χ1) is 19.3. The van der Waals surface area contributed by atoms with Crippen molar-refractivity contribution in [3.05, 3.63) is 35.9 Å². The average molecular weight is 590 g/mol. The molecule has 0 heterocycles. The standard InChI is InChI=1S/C33H51NO6S/c1-22(9-12-30(37)34(17-18-41(38,39)40)21-23-7-5-4-6-8-23)26-10-11-27-31-28(14-16-33(26,27)3)32(2)15-13-25(35)19-24(32)20-29(31)36/h4-8,22,24-29,31,35-36H,9-21H2,1-3H3,(H,38,39,40)/t22?,24-,25+,26+,27?,28?,29+,31?,32-,33+/m0/s1. The number of rotatable bonds is 9. The zero-order valence-corrected chi connectivity index (χ0v) is 25.9. The van der Waals surface area contributed by atoms with Gasteiger partial charge in [-0.15, -0.1) is 0 Å². The molecule has 230 valence electrons. The second-order valence-electron chi connectivity index (χ2n) is 14.6. The van der Waals surface area contributed by atoms with E-state index in [0.29, 0.717) is 48.5 Å². The van der Waals surface area contributed by atoms with Crippen molar-refractivity contribution in [3.8, 4) is 0 Å². The molecule has 0 aliphatic heterocycles. The minimum atomic E-state index is -4.17. The topological polar surface area (TPSA) is 115 Å². The number of carbonyl (C=O) groups is 1. The summed E-state index contributed by atoms with van der Waals surface area (Å²) in [5.74, 6) is 2.05. The van der Waals surface area contributed by atoms with Crippen molar-refractivity contribution in [1.29, 1.82) is 0 Å². The van der Waals surface area contributed by atoms with E-state index in [-0.39, 0.29) is 35.5 Å². The Bertz CT molecular complexity index is 1180. The van der Waals surface area contributed by atoms with Crippen LogP contribution in [-0.4, -0.2) is 58.5 Å². The summed E-state index contributed by atoms with van der Waals surface area (Å²) in [6.45, 7) is 7.46. The van der Waals surface area contributed by atoms with Gasteiger partial charge in [-0.05, 0) is 110 Å². The highest BCUT2D eigenvalue weighted by Crippen LogP contribution is 2.68. The first kappa shape index (κ1) is 31.0. The Labute approximate surface area is 246 Å². The molecule has 0 radical (unpaired) electrons. The number of fused-ring (bicyclic) bond motifs is 5. The number of hydrogen-bond acceptors (Lipinski definition) is 5. The molecule has 4 aliphatic rings. The highest BCUT2D eigenvalue weighted by Gasteiger charge is 2.62. The average Bonchev–Trinajstić information content (AvgIpc) is 3.27. The fourth-order valence-corrected chi connectivity index (χ4v) is 10.7. The molecule has 5 rings (SSSR count). The summed E-state index contributed by atoms with van der Waals surface area (Å²) in [5.41, 5.74) is 1.29. The van der Waals surface area contributed by atoms with E-state index in [0.717, 1.165) is 63.4 Å². The predicted octanol–water partition coefficient (Wildman–Crippen LogP) is 5.31. The number of aliphatic hydroxyl groups excluding tert-OH is 2. The van der Waals surface area contributed by atoms with Gasteiger partial charge in [0.25, 0.3) is 10.1 Å². The predicted molar refractivity (Wildman–Crippen MR) is 159 cm³/mol. The molecule has 1 aromatic carbocycles. The van der Waals surface area contributed by atoms with Gasteiger partial charge < -0.3 is 15.1 Å². The molecule has 1 aromatic rings. The van der Waals surface area contributed by atoms with Crippen molar-refractivity contribution in [2.75, 3.05) is 12.3 Å². The van der Waals surface area contributed by atoms with Crippen LogP contribution in [0.4, 0.5) is 0 Å². The van der Waals surface area contributed by atoms with Crippen LogP contribution < -0.4 is 0 Å². The summed E-state index contributed by atoms with van der Waals surface area (Å²) in [6, 6.07) is 9.54. The minimum Gasteiger partial charge on any atom is -0.393 e. The zero-order valence-electron chi connectivity index (χ0n) is 25.1. The van der Waals surface area contributed by atoms with Crippen molar-refractivity contribution in [1.82, 2.24) is 4.90 Å². The molecular weight excluding hydrogens is 538 g/mol. The molecule has 0 bridgehead atoms. The van der Waals surface area contributed by atoms with Crippen molar-refractivity contribution in [2.24, 2.45) is 46.3 Å². The Balaban J connectivity index is 1.24. The van der Waals surface area contributed by atoms with Gasteiger partial charge in [-0.25, -0.2) is 0 Å². The third kappa shape index (κ3) is 6.27. The first-order valence-electron chi connectivity index (χ1n) is 15.9.